The van der Waals surface area contributed by atoms with E-state index in [-0.39, 0.29) is 25.0 Å². The first-order valence-corrected chi connectivity index (χ1v) is 7.58. The molecule has 18 heavy (non-hydrogen) atoms. The van der Waals surface area contributed by atoms with Crippen LogP contribution in [0.2, 0.25) is 0 Å². The third kappa shape index (κ3) is 3.17. The average Bonchev–Trinajstić information content (AvgIpc) is 2.76. The number of thioether (sulfide) groups is 1. The summed E-state index contributed by atoms with van der Waals surface area (Å²) in [5.41, 5.74) is -0.453. The highest BCUT2D eigenvalue weighted by Gasteiger charge is 2.33. The summed E-state index contributed by atoms with van der Waals surface area (Å²) >= 11 is 1.53. The first-order valence-electron chi connectivity index (χ1n) is 6.43. The summed E-state index contributed by atoms with van der Waals surface area (Å²) in [5.74, 6) is 0.940. The molecular weight excluding hydrogens is 252 g/mol. The maximum atomic E-state index is 12.0. The number of aliphatic hydroxyl groups is 1. The number of hydrogen-bond donors (Lipinski definition) is 2. The van der Waals surface area contributed by atoms with Gasteiger partial charge in [0.1, 0.15) is 6.54 Å². The van der Waals surface area contributed by atoms with Crippen LogP contribution in [-0.2, 0) is 9.59 Å². The molecule has 5 nitrogen and oxygen atoms in total. The van der Waals surface area contributed by atoms with E-state index in [9.17, 15) is 14.7 Å². The highest BCUT2D eigenvalue weighted by atomic mass is 32.2. The maximum Gasteiger partial charge on any atom is 0.240 e. The Kier molecular flexibility index (Phi) is 4.50. The van der Waals surface area contributed by atoms with Crippen LogP contribution in [0.3, 0.4) is 0 Å². The molecule has 2 fully saturated rings. The van der Waals surface area contributed by atoms with E-state index in [0.29, 0.717) is 11.6 Å². The van der Waals surface area contributed by atoms with Gasteiger partial charge < -0.3 is 15.3 Å². The van der Waals surface area contributed by atoms with E-state index in [1.165, 1.54) is 18.2 Å². The molecule has 1 aliphatic heterocycles. The van der Waals surface area contributed by atoms with Crippen LogP contribution >= 0.6 is 11.8 Å². The Hall–Kier alpha value is -0.750. The largest absolute Gasteiger partial charge is 0.394 e. The minimum absolute atomic E-state index is 0.0125. The maximum absolute atomic E-state index is 12.0. The standard InChI is InChI=1S/C12H20N2O3S/c15-8-12(4-2-1-3-5-12)13-10(16)6-14-9-18-7-11(14)17/h15H,1-9H2,(H,13,16). The zero-order valence-electron chi connectivity index (χ0n) is 10.5. The molecule has 1 aliphatic carbocycles. The molecule has 0 aromatic carbocycles. The van der Waals surface area contributed by atoms with Crippen molar-refractivity contribution in [1.82, 2.24) is 10.2 Å². The normalized spacial score (nSPS) is 23.2. The molecule has 2 aliphatic rings. The molecule has 6 heteroatoms. The lowest BCUT2D eigenvalue weighted by molar-refractivity contribution is -0.133. The van der Waals surface area contributed by atoms with Gasteiger partial charge in [0.05, 0.1) is 23.8 Å². The van der Waals surface area contributed by atoms with Crippen molar-refractivity contribution in [3.05, 3.63) is 0 Å². The first-order chi connectivity index (χ1) is 8.65. The monoisotopic (exact) mass is 272 g/mol. The van der Waals surface area contributed by atoms with Gasteiger partial charge in [-0.25, -0.2) is 0 Å². The van der Waals surface area contributed by atoms with Crippen LogP contribution in [0.5, 0.6) is 0 Å². The van der Waals surface area contributed by atoms with E-state index in [2.05, 4.69) is 5.32 Å². The Balaban J connectivity index is 1.87. The number of amides is 2. The van der Waals surface area contributed by atoms with E-state index in [4.69, 9.17) is 0 Å². The van der Waals surface area contributed by atoms with Gasteiger partial charge in [-0.1, -0.05) is 19.3 Å². The van der Waals surface area contributed by atoms with Crippen molar-refractivity contribution in [3.8, 4) is 0 Å². The van der Waals surface area contributed by atoms with Gasteiger partial charge in [0.25, 0.3) is 0 Å². The fourth-order valence-corrected chi connectivity index (χ4v) is 3.50. The quantitative estimate of drug-likeness (QED) is 0.774. The number of nitrogens with one attached hydrogen (secondary N) is 1. The highest BCUT2D eigenvalue weighted by Crippen LogP contribution is 2.27. The van der Waals surface area contributed by atoms with Crippen molar-refractivity contribution < 1.29 is 14.7 Å². The minimum Gasteiger partial charge on any atom is -0.394 e. The molecule has 0 aromatic heterocycles. The Morgan fingerprint density at radius 1 is 1.39 bits per heavy atom. The summed E-state index contributed by atoms with van der Waals surface area (Å²) in [4.78, 5) is 24.9. The topological polar surface area (TPSA) is 69.6 Å². The lowest BCUT2D eigenvalue weighted by atomic mass is 9.82. The van der Waals surface area contributed by atoms with Crippen LogP contribution in [0.1, 0.15) is 32.1 Å². The van der Waals surface area contributed by atoms with Crippen LogP contribution < -0.4 is 5.32 Å². The number of carbonyl (C=O) groups excluding carboxylic acids is 2. The van der Waals surface area contributed by atoms with Crippen LogP contribution in [-0.4, -0.2) is 52.1 Å². The van der Waals surface area contributed by atoms with E-state index in [0.717, 1.165) is 25.7 Å². The summed E-state index contributed by atoms with van der Waals surface area (Å²) in [6.07, 6.45) is 4.91. The fraction of sp³-hybridized carbons (Fsp3) is 0.833. The second-order valence-corrected chi connectivity index (χ2v) is 6.07. The second-order valence-electron chi connectivity index (χ2n) is 5.12. The van der Waals surface area contributed by atoms with Gasteiger partial charge in [0, 0.05) is 0 Å². The van der Waals surface area contributed by atoms with E-state index in [1.807, 2.05) is 0 Å². The summed E-state index contributed by atoms with van der Waals surface area (Å²) in [6.45, 7) is 0.106. The lowest BCUT2D eigenvalue weighted by Gasteiger charge is -2.36. The average molecular weight is 272 g/mol. The smallest absolute Gasteiger partial charge is 0.240 e. The molecule has 0 atom stereocenters. The van der Waals surface area contributed by atoms with Gasteiger partial charge in [0.2, 0.25) is 11.8 Å². The number of hydrogen-bond acceptors (Lipinski definition) is 4. The van der Waals surface area contributed by atoms with Gasteiger partial charge in [-0.05, 0) is 12.8 Å². The van der Waals surface area contributed by atoms with Crippen molar-refractivity contribution in [3.63, 3.8) is 0 Å². The molecule has 102 valence electrons. The van der Waals surface area contributed by atoms with E-state index >= 15 is 0 Å². The van der Waals surface area contributed by atoms with Crippen LogP contribution in [0.15, 0.2) is 0 Å². The van der Waals surface area contributed by atoms with Gasteiger partial charge in [-0.2, -0.15) is 0 Å². The lowest BCUT2D eigenvalue weighted by Crippen LogP contribution is -2.54. The summed E-state index contributed by atoms with van der Waals surface area (Å²) < 4.78 is 0. The van der Waals surface area contributed by atoms with Crippen molar-refractivity contribution in [2.45, 2.75) is 37.6 Å². The van der Waals surface area contributed by atoms with Gasteiger partial charge in [0.15, 0.2) is 0 Å². The highest BCUT2D eigenvalue weighted by molar-refractivity contribution is 8.00. The number of aliphatic hydroxyl groups excluding tert-OH is 1. The molecule has 1 heterocycles. The van der Waals surface area contributed by atoms with E-state index < -0.39 is 5.54 Å². The predicted molar refractivity (Wildman–Crippen MR) is 70.1 cm³/mol. The van der Waals surface area contributed by atoms with Gasteiger partial charge >= 0.3 is 0 Å². The molecular formula is C12H20N2O3S. The zero-order valence-corrected chi connectivity index (χ0v) is 11.3. The first kappa shape index (κ1) is 13.7. The SMILES string of the molecule is O=C(CN1CSCC1=O)NC1(CO)CCCCC1. The molecule has 0 unspecified atom stereocenters. The summed E-state index contributed by atoms with van der Waals surface area (Å²) in [6, 6.07) is 0. The molecule has 0 spiro atoms. The van der Waals surface area contributed by atoms with Crippen molar-refractivity contribution in [2.24, 2.45) is 0 Å². The molecule has 1 saturated heterocycles. The summed E-state index contributed by atoms with van der Waals surface area (Å²) in [5, 5.41) is 12.4. The summed E-state index contributed by atoms with van der Waals surface area (Å²) in [7, 11) is 0. The Bertz CT molecular complexity index is 329. The Morgan fingerprint density at radius 2 is 2.11 bits per heavy atom. The third-order valence-corrected chi connectivity index (χ3v) is 4.62. The van der Waals surface area contributed by atoms with Crippen molar-refractivity contribution in [2.75, 3.05) is 24.8 Å². The third-order valence-electron chi connectivity index (χ3n) is 3.68. The van der Waals surface area contributed by atoms with Crippen molar-refractivity contribution >= 4 is 23.6 Å². The number of nitrogens with zero attached hydrogens (tertiary/aromatic N) is 1. The molecule has 2 amide bonds. The van der Waals surface area contributed by atoms with Gasteiger partial charge in [-0.15, -0.1) is 11.8 Å². The molecule has 0 aromatic rings. The predicted octanol–water partition coefficient (Wildman–Crippen LogP) is 0.331. The zero-order chi connectivity index (χ0) is 13.0. The number of rotatable bonds is 4. The Morgan fingerprint density at radius 3 is 2.67 bits per heavy atom. The van der Waals surface area contributed by atoms with Crippen LogP contribution in [0, 0.1) is 0 Å². The number of carbonyl (C=O) groups is 2. The molecule has 0 bridgehead atoms. The molecule has 2 N–H and O–H groups in total. The van der Waals surface area contributed by atoms with Gasteiger partial charge in [-0.3, -0.25) is 9.59 Å². The molecule has 0 radical (unpaired) electrons. The van der Waals surface area contributed by atoms with Crippen LogP contribution in [0.4, 0.5) is 0 Å². The minimum atomic E-state index is -0.453. The Labute approximate surface area is 111 Å². The molecule has 1 saturated carbocycles. The van der Waals surface area contributed by atoms with Crippen LogP contribution in [0.25, 0.3) is 0 Å². The van der Waals surface area contributed by atoms with Crippen molar-refractivity contribution in [1.29, 1.82) is 0 Å². The fourth-order valence-electron chi connectivity index (χ4n) is 2.60. The van der Waals surface area contributed by atoms with E-state index in [1.54, 1.807) is 4.90 Å². The second kappa shape index (κ2) is 5.93. The molecule has 2 rings (SSSR count).